The normalized spacial score (nSPS) is 12.0. The molecule has 0 radical (unpaired) electrons. The molecule has 0 bridgehead atoms. The van der Waals surface area contributed by atoms with Crippen LogP contribution in [0.5, 0.6) is 17.2 Å². The van der Waals surface area contributed by atoms with E-state index in [9.17, 15) is 9.59 Å². The lowest BCUT2D eigenvalue weighted by atomic mass is 10.2. The summed E-state index contributed by atoms with van der Waals surface area (Å²) in [5.41, 5.74) is 1.33. The van der Waals surface area contributed by atoms with Crippen molar-refractivity contribution in [2.45, 2.75) is 6.42 Å². The third kappa shape index (κ3) is 5.41. The van der Waals surface area contributed by atoms with Crippen molar-refractivity contribution in [1.82, 2.24) is 15.5 Å². The van der Waals surface area contributed by atoms with Crippen LogP contribution in [0.25, 0.3) is 6.08 Å². The van der Waals surface area contributed by atoms with Gasteiger partial charge in [-0.25, -0.2) is 0 Å². The molecule has 0 fully saturated rings. The Morgan fingerprint density at radius 3 is 2.91 bits per heavy atom. The monoisotopic (exact) mass is 452 g/mol. The minimum Gasteiger partial charge on any atom is -0.497 e. The number of fused-ring (bicyclic) bond motifs is 1. The standard InChI is InChI=1S/C22H20N4O5S/c1-29-16-4-2-3-15(12-16)21(28)23-10-9-20-25-26-22(32-20)24-19(27)8-6-14-5-7-17-18(11-14)31-13-30-17/h2-8,11-12H,9-10,13H2,1H3,(H,23,28)(H,24,26,27)/b8-6+. The molecular weight excluding hydrogens is 432 g/mol. The van der Waals surface area contributed by atoms with Gasteiger partial charge in [0.2, 0.25) is 17.8 Å². The number of carbonyl (C=O) groups is 2. The molecule has 2 heterocycles. The number of methoxy groups -OCH3 is 1. The fourth-order valence-corrected chi connectivity index (χ4v) is 3.63. The number of amides is 2. The minimum atomic E-state index is -0.323. The van der Waals surface area contributed by atoms with Crippen LogP contribution in [0.15, 0.2) is 48.5 Å². The van der Waals surface area contributed by atoms with Crippen LogP contribution in [-0.4, -0.2) is 42.5 Å². The molecule has 164 valence electrons. The fraction of sp³-hybridized carbons (Fsp3) is 0.182. The number of rotatable bonds is 8. The number of nitrogens with zero attached hydrogens (tertiary/aromatic N) is 2. The van der Waals surface area contributed by atoms with Crippen molar-refractivity contribution in [3.05, 3.63) is 64.7 Å². The summed E-state index contributed by atoms with van der Waals surface area (Å²) < 4.78 is 15.7. The van der Waals surface area contributed by atoms with Crippen molar-refractivity contribution in [2.75, 3.05) is 25.8 Å². The lowest BCUT2D eigenvalue weighted by Crippen LogP contribution is -2.25. The van der Waals surface area contributed by atoms with Gasteiger partial charge in [0.05, 0.1) is 7.11 Å². The highest BCUT2D eigenvalue weighted by molar-refractivity contribution is 7.15. The van der Waals surface area contributed by atoms with Crippen LogP contribution >= 0.6 is 11.3 Å². The summed E-state index contributed by atoms with van der Waals surface area (Å²) in [4.78, 5) is 24.4. The highest BCUT2D eigenvalue weighted by Gasteiger charge is 2.13. The maximum Gasteiger partial charge on any atom is 0.251 e. The molecule has 2 aromatic carbocycles. The first-order valence-electron chi connectivity index (χ1n) is 9.74. The number of carbonyl (C=O) groups excluding carboxylic acids is 2. The molecule has 0 aliphatic carbocycles. The van der Waals surface area contributed by atoms with Crippen LogP contribution in [0.3, 0.4) is 0 Å². The number of benzene rings is 2. The summed E-state index contributed by atoms with van der Waals surface area (Å²) in [7, 11) is 1.55. The third-order valence-corrected chi connectivity index (χ3v) is 5.38. The van der Waals surface area contributed by atoms with Crippen molar-refractivity contribution >= 4 is 34.4 Å². The predicted octanol–water partition coefficient (Wildman–Crippen LogP) is 2.90. The predicted molar refractivity (Wildman–Crippen MR) is 119 cm³/mol. The zero-order valence-electron chi connectivity index (χ0n) is 17.2. The Balaban J connectivity index is 1.24. The lowest BCUT2D eigenvalue weighted by molar-refractivity contribution is -0.111. The van der Waals surface area contributed by atoms with E-state index in [0.717, 1.165) is 5.56 Å². The zero-order chi connectivity index (χ0) is 22.3. The van der Waals surface area contributed by atoms with Gasteiger partial charge in [0.25, 0.3) is 5.91 Å². The van der Waals surface area contributed by atoms with Gasteiger partial charge in [-0.3, -0.25) is 14.9 Å². The largest absolute Gasteiger partial charge is 0.497 e. The van der Waals surface area contributed by atoms with Gasteiger partial charge < -0.3 is 19.5 Å². The van der Waals surface area contributed by atoms with E-state index in [1.54, 1.807) is 49.6 Å². The lowest BCUT2D eigenvalue weighted by Gasteiger charge is -2.05. The Morgan fingerprint density at radius 2 is 2.03 bits per heavy atom. The summed E-state index contributed by atoms with van der Waals surface area (Å²) >= 11 is 1.26. The van der Waals surface area contributed by atoms with E-state index in [0.29, 0.717) is 45.9 Å². The number of hydrogen-bond donors (Lipinski definition) is 2. The van der Waals surface area contributed by atoms with Gasteiger partial charge >= 0.3 is 0 Å². The summed E-state index contributed by atoms with van der Waals surface area (Å²) in [6.07, 6.45) is 3.58. The molecule has 0 saturated heterocycles. The summed E-state index contributed by atoms with van der Waals surface area (Å²) in [6.45, 7) is 0.593. The Labute approximate surface area is 188 Å². The van der Waals surface area contributed by atoms with Gasteiger partial charge in [0.15, 0.2) is 11.5 Å². The summed E-state index contributed by atoms with van der Waals surface area (Å²) in [6, 6.07) is 12.4. The smallest absolute Gasteiger partial charge is 0.251 e. The van der Waals surface area contributed by atoms with Crippen LogP contribution in [0.2, 0.25) is 0 Å². The van der Waals surface area contributed by atoms with Crippen LogP contribution in [0, 0.1) is 0 Å². The van der Waals surface area contributed by atoms with E-state index in [-0.39, 0.29) is 18.6 Å². The zero-order valence-corrected chi connectivity index (χ0v) is 18.0. The molecule has 10 heteroatoms. The van der Waals surface area contributed by atoms with E-state index in [1.165, 1.54) is 17.4 Å². The van der Waals surface area contributed by atoms with E-state index < -0.39 is 0 Å². The molecule has 1 aromatic heterocycles. The van der Waals surface area contributed by atoms with E-state index in [1.807, 2.05) is 6.07 Å². The topological polar surface area (TPSA) is 112 Å². The molecule has 0 saturated carbocycles. The highest BCUT2D eigenvalue weighted by atomic mass is 32.1. The Morgan fingerprint density at radius 1 is 1.16 bits per heavy atom. The average molecular weight is 452 g/mol. The van der Waals surface area contributed by atoms with E-state index in [4.69, 9.17) is 14.2 Å². The second kappa shape index (κ2) is 9.92. The number of nitrogens with one attached hydrogen (secondary N) is 2. The number of hydrogen-bond acceptors (Lipinski definition) is 8. The van der Waals surface area contributed by atoms with Gasteiger partial charge in [0.1, 0.15) is 10.8 Å². The van der Waals surface area contributed by atoms with Gasteiger partial charge in [-0.15, -0.1) is 10.2 Å². The van der Waals surface area contributed by atoms with Crippen LogP contribution in [0.1, 0.15) is 20.9 Å². The molecule has 2 N–H and O–H groups in total. The van der Waals surface area contributed by atoms with Crippen molar-refractivity contribution < 1.29 is 23.8 Å². The molecule has 0 atom stereocenters. The number of anilines is 1. The Hall–Kier alpha value is -3.92. The van der Waals surface area contributed by atoms with Gasteiger partial charge in [-0.2, -0.15) is 0 Å². The SMILES string of the molecule is COc1cccc(C(=O)NCCc2nnc(NC(=O)/C=C/c3ccc4c(c3)OCO4)s2)c1. The first-order chi connectivity index (χ1) is 15.6. The third-order valence-electron chi connectivity index (χ3n) is 4.48. The Kier molecular flexibility index (Phi) is 6.61. The molecule has 0 unspecified atom stereocenters. The van der Waals surface area contributed by atoms with Crippen molar-refractivity contribution in [3.63, 3.8) is 0 Å². The van der Waals surface area contributed by atoms with Crippen LogP contribution in [-0.2, 0) is 11.2 Å². The van der Waals surface area contributed by atoms with Crippen molar-refractivity contribution in [1.29, 1.82) is 0 Å². The van der Waals surface area contributed by atoms with Gasteiger partial charge in [0, 0.05) is 24.6 Å². The number of ether oxygens (including phenoxy) is 3. The maximum absolute atomic E-state index is 12.2. The van der Waals surface area contributed by atoms with Crippen LogP contribution in [0.4, 0.5) is 5.13 Å². The number of aromatic nitrogens is 2. The molecular formula is C22H20N4O5S. The highest BCUT2D eigenvalue weighted by Crippen LogP contribution is 2.32. The summed E-state index contributed by atoms with van der Waals surface area (Å²) in [5, 5.41) is 14.6. The molecule has 2 amide bonds. The first kappa shape index (κ1) is 21.3. The molecule has 0 spiro atoms. The van der Waals surface area contributed by atoms with E-state index >= 15 is 0 Å². The van der Waals surface area contributed by atoms with E-state index in [2.05, 4.69) is 20.8 Å². The molecule has 1 aliphatic rings. The fourth-order valence-electron chi connectivity index (χ4n) is 2.89. The molecule has 4 rings (SSSR count). The van der Waals surface area contributed by atoms with Gasteiger partial charge in [-0.05, 0) is 42.0 Å². The minimum absolute atomic E-state index is 0.199. The molecule has 1 aliphatic heterocycles. The second-order valence-corrected chi connectivity index (χ2v) is 7.74. The quantitative estimate of drug-likeness (QED) is 0.506. The molecule has 32 heavy (non-hydrogen) atoms. The van der Waals surface area contributed by atoms with Gasteiger partial charge in [-0.1, -0.05) is 23.5 Å². The Bertz CT molecular complexity index is 1160. The van der Waals surface area contributed by atoms with Crippen LogP contribution < -0.4 is 24.8 Å². The maximum atomic E-state index is 12.2. The average Bonchev–Trinajstić information content (AvgIpc) is 3.46. The molecule has 9 nitrogen and oxygen atoms in total. The summed E-state index contributed by atoms with van der Waals surface area (Å²) in [5.74, 6) is 1.44. The second-order valence-electron chi connectivity index (χ2n) is 6.67. The molecule has 3 aromatic rings. The van der Waals surface area contributed by atoms with Crippen molar-refractivity contribution in [2.24, 2.45) is 0 Å². The first-order valence-corrected chi connectivity index (χ1v) is 10.6. The van der Waals surface area contributed by atoms with Crippen molar-refractivity contribution in [3.8, 4) is 17.2 Å².